The van der Waals surface area contributed by atoms with Crippen LogP contribution in [0.15, 0.2) is 41.3 Å². The lowest BCUT2D eigenvalue weighted by atomic mass is 9.78. The SMILES string of the molecule is CO[C@H]1/C=C/O[C@@]2(C)Oc3c(C)c(O)c4c(O)c(c(/C=N/OCCO)c(O)c4c3C2=O)NC(=O)/C(C)=C/C=C/[C@H](C)[C@H](O)[C@@H](C)[C@@H](O)[C@@H](C)[C@H](OC(C)=O)[C@@H]1C. The van der Waals surface area contributed by atoms with Gasteiger partial charge in [0.25, 0.3) is 11.7 Å². The van der Waals surface area contributed by atoms with Crippen molar-refractivity contribution >= 4 is 40.3 Å². The quantitative estimate of drug-likeness (QED) is 0.0545. The maximum Gasteiger partial charge on any atom is 0.312 e. The van der Waals surface area contributed by atoms with E-state index in [0.29, 0.717) is 0 Å². The molecule has 3 aliphatic heterocycles. The molecular formula is C40H52N2O14. The minimum Gasteiger partial charge on any atom is -0.507 e. The van der Waals surface area contributed by atoms with Gasteiger partial charge in [0.2, 0.25) is 0 Å². The number of nitrogens with zero attached hydrogens (tertiary/aromatic N) is 1. The number of anilines is 1. The number of aromatic hydroxyl groups is 3. The molecule has 1 amide bonds. The van der Waals surface area contributed by atoms with Gasteiger partial charge in [-0.15, -0.1) is 0 Å². The number of phenolic OH excluding ortho intramolecular Hbond substituents is 3. The van der Waals surface area contributed by atoms with Gasteiger partial charge in [0, 0.05) is 61.2 Å². The molecule has 9 atom stereocenters. The number of benzene rings is 2. The van der Waals surface area contributed by atoms with E-state index in [-0.39, 0.29) is 45.4 Å². The minimum absolute atomic E-state index is 0.00857. The van der Waals surface area contributed by atoms with Gasteiger partial charge in [0.05, 0.1) is 59.6 Å². The van der Waals surface area contributed by atoms with E-state index in [1.54, 1.807) is 33.8 Å². The number of methoxy groups -OCH3 is 1. The molecule has 2 aromatic rings. The number of carbonyl (C=O) groups is 3. The number of allylic oxidation sites excluding steroid dienone is 2. The fourth-order valence-electron chi connectivity index (χ4n) is 7.06. The lowest BCUT2D eigenvalue weighted by molar-refractivity contribution is -0.160. The Labute approximate surface area is 324 Å². The number of amides is 1. The van der Waals surface area contributed by atoms with Gasteiger partial charge in [0.1, 0.15) is 30.0 Å². The molecular weight excluding hydrogens is 732 g/mol. The van der Waals surface area contributed by atoms with E-state index in [0.717, 1.165) is 12.5 Å². The van der Waals surface area contributed by atoms with Crippen LogP contribution in [0.25, 0.3) is 10.8 Å². The zero-order valence-corrected chi connectivity index (χ0v) is 32.9. The Morgan fingerprint density at radius 2 is 1.66 bits per heavy atom. The van der Waals surface area contributed by atoms with Gasteiger partial charge in [-0.05, 0) is 19.9 Å². The van der Waals surface area contributed by atoms with Crippen LogP contribution in [-0.4, -0.2) is 105 Å². The molecule has 3 aliphatic rings. The Balaban J connectivity index is 1.97. The molecule has 5 bridgehead atoms. The molecule has 56 heavy (non-hydrogen) atoms. The van der Waals surface area contributed by atoms with Gasteiger partial charge in [-0.2, -0.15) is 0 Å². The van der Waals surface area contributed by atoms with Gasteiger partial charge in [-0.1, -0.05) is 51.1 Å². The summed E-state index contributed by atoms with van der Waals surface area (Å²) in [7, 11) is 1.41. The molecule has 3 heterocycles. The highest BCUT2D eigenvalue weighted by Crippen LogP contribution is 2.55. The summed E-state index contributed by atoms with van der Waals surface area (Å²) >= 11 is 0. The first-order valence-corrected chi connectivity index (χ1v) is 18.2. The summed E-state index contributed by atoms with van der Waals surface area (Å²) in [6.07, 6.45) is 4.24. The van der Waals surface area contributed by atoms with E-state index < -0.39 is 101 Å². The van der Waals surface area contributed by atoms with Crippen LogP contribution in [0.3, 0.4) is 0 Å². The summed E-state index contributed by atoms with van der Waals surface area (Å²) in [5, 5.41) is 72.3. The Morgan fingerprint density at radius 3 is 2.29 bits per heavy atom. The Kier molecular flexibility index (Phi) is 13.8. The first-order valence-electron chi connectivity index (χ1n) is 18.2. The van der Waals surface area contributed by atoms with Crippen molar-refractivity contribution in [2.24, 2.45) is 28.8 Å². The predicted octanol–water partition coefficient (Wildman–Crippen LogP) is 4.10. The molecule has 0 aliphatic carbocycles. The third-order valence-corrected chi connectivity index (χ3v) is 10.5. The topological polar surface area (TPSA) is 243 Å². The van der Waals surface area contributed by atoms with E-state index in [4.69, 9.17) is 28.9 Å². The molecule has 306 valence electrons. The molecule has 7 N–H and O–H groups in total. The van der Waals surface area contributed by atoms with Crippen molar-refractivity contribution < 1.29 is 68.8 Å². The van der Waals surface area contributed by atoms with Crippen LogP contribution in [0.2, 0.25) is 0 Å². The maximum absolute atomic E-state index is 14.2. The van der Waals surface area contributed by atoms with Gasteiger partial charge < -0.3 is 59.7 Å². The van der Waals surface area contributed by atoms with Crippen molar-refractivity contribution in [2.75, 3.05) is 25.6 Å². The lowest BCUT2D eigenvalue weighted by Gasteiger charge is -2.38. The monoisotopic (exact) mass is 784 g/mol. The second-order valence-corrected chi connectivity index (χ2v) is 14.4. The number of Topliss-reactive ketones (excluding diaryl/α,β-unsaturated/α-hetero) is 1. The number of aliphatic hydroxyl groups excluding tert-OH is 3. The highest BCUT2D eigenvalue weighted by molar-refractivity contribution is 6.23. The first-order chi connectivity index (χ1) is 26.3. The second-order valence-electron chi connectivity index (χ2n) is 14.4. The van der Waals surface area contributed by atoms with Crippen LogP contribution in [0.5, 0.6) is 23.0 Å². The predicted molar refractivity (Wildman–Crippen MR) is 204 cm³/mol. The number of fused-ring (bicyclic) bond motifs is 14. The summed E-state index contributed by atoms with van der Waals surface area (Å²) in [6.45, 7) is 11.7. The van der Waals surface area contributed by atoms with Gasteiger partial charge in [-0.25, -0.2) is 0 Å². The fourth-order valence-corrected chi connectivity index (χ4v) is 7.06. The number of phenols is 3. The largest absolute Gasteiger partial charge is 0.507 e. The smallest absolute Gasteiger partial charge is 0.312 e. The Bertz CT molecular complexity index is 1950. The van der Waals surface area contributed by atoms with Crippen molar-refractivity contribution in [3.8, 4) is 23.0 Å². The number of esters is 1. The van der Waals surface area contributed by atoms with E-state index >= 15 is 0 Å². The normalized spacial score (nSPS) is 31.0. The molecule has 0 spiro atoms. The molecule has 2 aromatic carbocycles. The van der Waals surface area contributed by atoms with Crippen LogP contribution in [0, 0.1) is 30.6 Å². The average Bonchev–Trinajstić information content (AvgIpc) is 3.42. The molecule has 16 heteroatoms. The fraction of sp³-hybridized carbons (Fsp3) is 0.500. The Morgan fingerprint density at radius 1 is 0.982 bits per heavy atom. The summed E-state index contributed by atoms with van der Waals surface area (Å²) in [5.41, 5.74) is -0.836. The zero-order chi connectivity index (χ0) is 41.8. The zero-order valence-electron chi connectivity index (χ0n) is 32.9. The van der Waals surface area contributed by atoms with Crippen LogP contribution in [0.4, 0.5) is 5.69 Å². The van der Waals surface area contributed by atoms with E-state index in [9.17, 15) is 39.9 Å². The third-order valence-electron chi connectivity index (χ3n) is 10.5. The van der Waals surface area contributed by atoms with Crippen LogP contribution in [0.1, 0.15) is 70.0 Å². The number of ether oxygens (including phenoxy) is 4. The van der Waals surface area contributed by atoms with E-state index in [1.165, 1.54) is 53.0 Å². The number of carbonyl (C=O) groups excluding carboxylic acids is 3. The lowest BCUT2D eigenvalue weighted by Crippen LogP contribution is -2.46. The molecule has 0 saturated heterocycles. The van der Waals surface area contributed by atoms with Crippen LogP contribution >= 0.6 is 0 Å². The summed E-state index contributed by atoms with van der Waals surface area (Å²) in [6, 6.07) is 0. The van der Waals surface area contributed by atoms with Crippen LogP contribution in [-0.2, 0) is 28.6 Å². The van der Waals surface area contributed by atoms with Crippen molar-refractivity contribution in [3.63, 3.8) is 0 Å². The first kappa shape index (κ1) is 43.6. The van der Waals surface area contributed by atoms with Crippen LogP contribution < -0.4 is 10.1 Å². The van der Waals surface area contributed by atoms with Crippen molar-refractivity contribution in [1.29, 1.82) is 0 Å². The van der Waals surface area contributed by atoms with Crippen molar-refractivity contribution in [1.82, 2.24) is 0 Å². The van der Waals surface area contributed by atoms with Gasteiger partial charge in [0.15, 0.2) is 5.75 Å². The molecule has 16 nitrogen and oxygen atoms in total. The Hall–Kier alpha value is -5.16. The average molecular weight is 785 g/mol. The maximum atomic E-state index is 14.2. The van der Waals surface area contributed by atoms with Crippen molar-refractivity contribution in [2.45, 2.75) is 85.6 Å². The number of hydrogen-bond acceptors (Lipinski definition) is 15. The number of nitrogens with one attached hydrogen (secondary N) is 1. The number of oxime groups is 1. The second kappa shape index (κ2) is 17.7. The van der Waals surface area contributed by atoms with Gasteiger partial charge >= 0.3 is 11.8 Å². The van der Waals surface area contributed by atoms with E-state index in [2.05, 4.69) is 10.5 Å². The third kappa shape index (κ3) is 8.48. The summed E-state index contributed by atoms with van der Waals surface area (Å²) < 4.78 is 23.4. The summed E-state index contributed by atoms with van der Waals surface area (Å²) in [4.78, 5) is 45.0. The number of hydrogen-bond donors (Lipinski definition) is 7. The molecule has 0 saturated carbocycles. The molecule has 0 radical (unpaired) electrons. The molecule has 0 aromatic heterocycles. The highest BCUT2D eigenvalue weighted by Gasteiger charge is 2.50. The number of rotatable bonds is 6. The number of aliphatic hydroxyl groups is 3. The minimum atomic E-state index is -2.08. The van der Waals surface area contributed by atoms with E-state index in [1.807, 2.05) is 0 Å². The molecule has 0 unspecified atom stereocenters. The van der Waals surface area contributed by atoms with Crippen molar-refractivity contribution in [3.05, 3.63) is 52.8 Å². The molecule has 0 fully saturated rings. The standard InChI is InChI=1S/C40H52N2O14/c1-18-11-10-12-19(2)39(51)42-30-25(17-41-54-16-14-43)34(48)27-28(35(30)49)33(47)23(6)37-29(27)38(50)40(8,56-37)53-15-13-26(52-9)20(3)36(55-24(7)44)22(5)32(46)21(4)31(18)45/h10-13,15,17-18,20-22,26,31-32,36,43,45-49H,14,16H2,1-9H3,(H,42,51)/b11-10+,15-13+,19-12+,41-17+/t18-,20+,21+,22+,26-,31-,32+,36+,40-/m0/s1. The summed E-state index contributed by atoms with van der Waals surface area (Å²) in [5.74, 6) is -8.94. The van der Waals surface area contributed by atoms with Gasteiger partial charge in [-0.3, -0.25) is 14.4 Å². The molecule has 5 rings (SSSR count). The number of ketones is 1. The highest BCUT2D eigenvalue weighted by atomic mass is 16.7.